The number of amides is 1. The highest BCUT2D eigenvalue weighted by Crippen LogP contribution is 2.32. The van der Waals surface area contributed by atoms with E-state index < -0.39 is 0 Å². The van der Waals surface area contributed by atoms with Gasteiger partial charge in [-0.05, 0) is 57.0 Å². The molecule has 28 heavy (non-hydrogen) atoms. The van der Waals surface area contributed by atoms with Crippen LogP contribution in [-0.4, -0.2) is 53.0 Å². The molecule has 5 nitrogen and oxygen atoms in total. The molecule has 2 aromatic rings. The van der Waals surface area contributed by atoms with Gasteiger partial charge in [0, 0.05) is 42.9 Å². The van der Waals surface area contributed by atoms with Gasteiger partial charge in [-0.25, -0.2) is 4.98 Å². The van der Waals surface area contributed by atoms with Crippen molar-refractivity contribution in [2.24, 2.45) is 0 Å². The third kappa shape index (κ3) is 4.39. The summed E-state index contributed by atoms with van der Waals surface area (Å²) in [6.45, 7) is 8.50. The predicted molar refractivity (Wildman–Crippen MR) is 113 cm³/mol. The fourth-order valence-corrected chi connectivity index (χ4v) is 5.13. The van der Waals surface area contributed by atoms with Crippen molar-refractivity contribution in [3.8, 4) is 16.3 Å². The SMILES string of the molecule is CC(=O)N1CCc2sc(-c3ccc(OCCCN4CCC[C@H]4C)cc3)nc2C1. The molecule has 4 rings (SSSR count). The Morgan fingerprint density at radius 1 is 1.29 bits per heavy atom. The Balaban J connectivity index is 1.31. The summed E-state index contributed by atoms with van der Waals surface area (Å²) in [6, 6.07) is 8.98. The van der Waals surface area contributed by atoms with Crippen molar-refractivity contribution in [2.45, 2.75) is 52.1 Å². The molecule has 1 atom stereocenters. The van der Waals surface area contributed by atoms with Gasteiger partial charge in [0.05, 0.1) is 18.8 Å². The average Bonchev–Trinajstić information content (AvgIpc) is 3.31. The molecule has 0 saturated carbocycles. The molecule has 1 saturated heterocycles. The van der Waals surface area contributed by atoms with Crippen LogP contribution in [0.4, 0.5) is 0 Å². The van der Waals surface area contributed by atoms with E-state index in [0.717, 1.165) is 60.6 Å². The molecule has 2 aliphatic rings. The van der Waals surface area contributed by atoms with Gasteiger partial charge in [0.2, 0.25) is 5.91 Å². The lowest BCUT2D eigenvalue weighted by Gasteiger charge is -2.24. The van der Waals surface area contributed by atoms with Crippen molar-refractivity contribution in [2.75, 3.05) is 26.2 Å². The van der Waals surface area contributed by atoms with Crippen molar-refractivity contribution in [3.05, 3.63) is 34.8 Å². The molecule has 1 fully saturated rings. The normalized spacial score (nSPS) is 19.6. The number of fused-ring (bicyclic) bond motifs is 1. The minimum Gasteiger partial charge on any atom is -0.494 e. The third-order valence-electron chi connectivity index (χ3n) is 5.82. The lowest BCUT2D eigenvalue weighted by Crippen LogP contribution is -2.33. The largest absolute Gasteiger partial charge is 0.494 e. The van der Waals surface area contributed by atoms with Crippen LogP contribution in [0, 0.1) is 0 Å². The van der Waals surface area contributed by atoms with Crippen LogP contribution in [0.5, 0.6) is 5.75 Å². The lowest BCUT2D eigenvalue weighted by molar-refractivity contribution is -0.129. The molecule has 1 amide bonds. The second-order valence-corrected chi connectivity index (χ2v) is 8.92. The number of nitrogens with zero attached hydrogens (tertiary/aromatic N) is 3. The van der Waals surface area contributed by atoms with Crippen LogP contribution in [0.25, 0.3) is 10.6 Å². The summed E-state index contributed by atoms with van der Waals surface area (Å²) in [4.78, 5) is 22.1. The fourth-order valence-electron chi connectivity index (χ4n) is 4.07. The van der Waals surface area contributed by atoms with Gasteiger partial charge in [0.1, 0.15) is 10.8 Å². The van der Waals surface area contributed by atoms with Crippen LogP contribution in [0.3, 0.4) is 0 Å². The number of hydrogen-bond donors (Lipinski definition) is 0. The predicted octanol–water partition coefficient (Wildman–Crippen LogP) is 3.97. The van der Waals surface area contributed by atoms with E-state index in [-0.39, 0.29) is 5.91 Å². The summed E-state index contributed by atoms with van der Waals surface area (Å²) in [5.74, 6) is 1.04. The van der Waals surface area contributed by atoms with Crippen molar-refractivity contribution < 1.29 is 9.53 Å². The van der Waals surface area contributed by atoms with Gasteiger partial charge in [-0.3, -0.25) is 4.79 Å². The topological polar surface area (TPSA) is 45.7 Å². The van der Waals surface area contributed by atoms with Gasteiger partial charge in [0.25, 0.3) is 0 Å². The van der Waals surface area contributed by atoms with Gasteiger partial charge in [-0.15, -0.1) is 11.3 Å². The smallest absolute Gasteiger partial charge is 0.219 e. The van der Waals surface area contributed by atoms with Gasteiger partial charge in [-0.2, -0.15) is 0 Å². The summed E-state index contributed by atoms with van der Waals surface area (Å²) in [6.07, 6.45) is 4.63. The highest BCUT2D eigenvalue weighted by atomic mass is 32.1. The number of carbonyl (C=O) groups excluding carboxylic acids is 1. The van der Waals surface area contributed by atoms with Crippen LogP contribution in [0.15, 0.2) is 24.3 Å². The Morgan fingerprint density at radius 3 is 2.82 bits per heavy atom. The number of benzene rings is 1. The molecule has 0 spiro atoms. The van der Waals surface area contributed by atoms with E-state index in [4.69, 9.17) is 9.72 Å². The zero-order valence-electron chi connectivity index (χ0n) is 16.8. The fraction of sp³-hybridized carbons (Fsp3) is 0.545. The molecule has 2 aliphatic heterocycles. The number of likely N-dealkylation sites (tertiary alicyclic amines) is 1. The molecular weight excluding hydrogens is 370 g/mol. The first kappa shape index (κ1) is 19.4. The monoisotopic (exact) mass is 399 g/mol. The molecule has 3 heterocycles. The van der Waals surface area contributed by atoms with Crippen molar-refractivity contribution in [1.29, 1.82) is 0 Å². The molecule has 0 bridgehead atoms. The van der Waals surface area contributed by atoms with Crippen LogP contribution in [0.1, 0.15) is 43.7 Å². The van der Waals surface area contributed by atoms with Gasteiger partial charge < -0.3 is 14.5 Å². The van der Waals surface area contributed by atoms with Gasteiger partial charge in [-0.1, -0.05) is 0 Å². The molecule has 1 aromatic heterocycles. The van der Waals surface area contributed by atoms with E-state index in [0.29, 0.717) is 6.54 Å². The first-order valence-electron chi connectivity index (χ1n) is 10.3. The van der Waals surface area contributed by atoms with E-state index in [2.05, 4.69) is 24.0 Å². The molecule has 150 valence electrons. The maximum atomic E-state index is 11.6. The molecule has 0 radical (unpaired) electrons. The lowest BCUT2D eigenvalue weighted by atomic mass is 10.2. The second-order valence-electron chi connectivity index (χ2n) is 7.83. The summed E-state index contributed by atoms with van der Waals surface area (Å²) in [5.41, 5.74) is 2.17. The molecular formula is C22H29N3O2S. The first-order chi connectivity index (χ1) is 13.6. The van der Waals surface area contributed by atoms with Crippen molar-refractivity contribution in [3.63, 3.8) is 0 Å². The third-order valence-corrected chi connectivity index (χ3v) is 7.03. The van der Waals surface area contributed by atoms with Crippen LogP contribution in [0.2, 0.25) is 0 Å². The van der Waals surface area contributed by atoms with E-state index in [1.54, 1.807) is 18.3 Å². The maximum Gasteiger partial charge on any atom is 0.219 e. The van der Waals surface area contributed by atoms with Crippen LogP contribution < -0.4 is 4.74 Å². The van der Waals surface area contributed by atoms with E-state index in [1.165, 1.54) is 24.3 Å². The molecule has 0 aliphatic carbocycles. The van der Waals surface area contributed by atoms with E-state index >= 15 is 0 Å². The summed E-state index contributed by atoms with van der Waals surface area (Å²) in [5, 5.41) is 1.03. The van der Waals surface area contributed by atoms with Gasteiger partial charge in [0.15, 0.2) is 0 Å². The summed E-state index contributed by atoms with van der Waals surface area (Å²) >= 11 is 1.75. The van der Waals surface area contributed by atoms with Crippen molar-refractivity contribution in [1.82, 2.24) is 14.8 Å². The number of rotatable bonds is 6. The Bertz CT molecular complexity index is 818. The summed E-state index contributed by atoms with van der Waals surface area (Å²) < 4.78 is 5.93. The molecule has 6 heteroatoms. The summed E-state index contributed by atoms with van der Waals surface area (Å²) in [7, 11) is 0. The Morgan fingerprint density at radius 2 is 2.11 bits per heavy atom. The Hall–Kier alpha value is -1.92. The molecule has 1 aromatic carbocycles. The minimum absolute atomic E-state index is 0.126. The van der Waals surface area contributed by atoms with Crippen molar-refractivity contribution >= 4 is 17.2 Å². The number of ether oxygens (including phenoxy) is 1. The van der Waals surface area contributed by atoms with Crippen LogP contribution >= 0.6 is 11.3 Å². The van der Waals surface area contributed by atoms with E-state index in [1.807, 2.05) is 17.0 Å². The van der Waals surface area contributed by atoms with Crippen LogP contribution in [-0.2, 0) is 17.8 Å². The quantitative estimate of drug-likeness (QED) is 0.690. The zero-order chi connectivity index (χ0) is 19.5. The van der Waals surface area contributed by atoms with E-state index in [9.17, 15) is 4.79 Å². The second kappa shape index (κ2) is 8.62. The highest BCUT2D eigenvalue weighted by molar-refractivity contribution is 7.15. The maximum absolute atomic E-state index is 11.6. The number of carbonyl (C=O) groups is 1. The zero-order valence-corrected chi connectivity index (χ0v) is 17.6. The Labute approximate surface area is 171 Å². The first-order valence-corrected chi connectivity index (χ1v) is 11.1. The highest BCUT2D eigenvalue weighted by Gasteiger charge is 2.22. The molecule has 0 N–H and O–H groups in total. The number of thiazole rings is 1. The number of hydrogen-bond acceptors (Lipinski definition) is 5. The molecule has 0 unspecified atom stereocenters. The van der Waals surface area contributed by atoms with Gasteiger partial charge >= 0.3 is 0 Å². The minimum atomic E-state index is 0.126. The Kier molecular flexibility index (Phi) is 5.97. The average molecular weight is 400 g/mol. The standard InChI is InChI=1S/C22H29N3O2S/c1-16-5-3-11-24(16)12-4-14-27-19-8-6-18(7-9-19)22-23-20-15-25(17(2)26)13-10-21(20)28-22/h6-9,16H,3-5,10-15H2,1-2H3/t16-/m1/s1. The number of aromatic nitrogens is 1.